The molecule has 0 bridgehead atoms. The highest BCUT2D eigenvalue weighted by atomic mass is 16.5. The quantitative estimate of drug-likeness (QED) is 0.481. The third-order valence-electron chi connectivity index (χ3n) is 5.75. The Labute approximate surface area is 133 Å². The molecule has 4 unspecified atom stereocenters. The first kappa shape index (κ1) is 17.3. The van der Waals surface area contributed by atoms with Crippen LogP contribution < -0.4 is 0 Å². The van der Waals surface area contributed by atoms with E-state index < -0.39 is 0 Å². The van der Waals surface area contributed by atoms with Crippen LogP contribution in [0.1, 0.15) is 66.2 Å². The van der Waals surface area contributed by atoms with Crippen LogP contribution in [0, 0.1) is 22.7 Å². The van der Waals surface area contributed by atoms with E-state index in [1.807, 2.05) is 13.8 Å². The van der Waals surface area contributed by atoms with Crippen LogP contribution in [0.5, 0.6) is 0 Å². The second-order valence-corrected chi connectivity index (χ2v) is 7.73. The summed E-state index contributed by atoms with van der Waals surface area (Å²) in [6.07, 6.45) is 5.69. The lowest BCUT2D eigenvalue weighted by Crippen LogP contribution is -2.18. The normalized spacial score (nSPS) is 35.8. The van der Waals surface area contributed by atoms with Crippen molar-refractivity contribution in [1.29, 1.82) is 0 Å². The van der Waals surface area contributed by atoms with Crippen molar-refractivity contribution in [3.63, 3.8) is 0 Å². The molecule has 0 radical (unpaired) electrons. The Bertz CT molecular complexity index is 393. The van der Waals surface area contributed by atoms with E-state index in [0.717, 1.165) is 38.5 Å². The fraction of sp³-hybridized carbons (Fsp3) is 0.889. The van der Waals surface area contributed by atoms with Gasteiger partial charge in [-0.3, -0.25) is 9.59 Å². The molecule has 2 rings (SSSR count). The van der Waals surface area contributed by atoms with E-state index in [1.165, 1.54) is 0 Å². The number of rotatable bonds is 9. The topological polar surface area (TPSA) is 52.6 Å². The molecule has 0 aromatic heterocycles. The Kier molecular flexibility index (Phi) is 5.18. The molecule has 0 aromatic rings. The minimum atomic E-state index is -0.218. The lowest BCUT2D eigenvalue weighted by molar-refractivity contribution is -0.151. The average Bonchev–Trinajstić information content (AvgIpc) is 3.29. The molecule has 0 heterocycles. The average molecular weight is 310 g/mol. The number of carbonyl (C=O) groups is 2. The molecule has 0 saturated heterocycles. The molecule has 0 spiro atoms. The predicted molar refractivity (Wildman–Crippen MR) is 84.2 cm³/mol. The van der Waals surface area contributed by atoms with E-state index in [4.69, 9.17) is 9.47 Å². The van der Waals surface area contributed by atoms with Crippen LogP contribution in [0.25, 0.3) is 0 Å². The highest BCUT2D eigenvalue weighted by molar-refractivity contribution is 5.80. The molecular weight excluding hydrogens is 280 g/mol. The largest absolute Gasteiger partial charge is 0.465 e. The number of hydrogen-bond acceptors (Lipinski definition) is 4. The first-order valence-corrected chi connectivity index (χ1v) is 8.65. The molecule has 2 saturated carbocycles. The summed E-state index contributed by atoms with van der Waals surface area (Å²) in [7, 11) is 0. The minimum Gasteiger partial charge on any atom is -0.465 e. The molecule has 4 atom stereocenters. The summed E-state index contributed by atoms with van der Waals surface area (Å²) in [6, 6.07) is 0. The molecule has 2 aliphatic carbocycles. The van der Waals surface area contributed by atoms with Crippen molar-refractivity contribution in [3.05, 3.63) is 0 Å². The molecule has 2 fully saturated rings. The SMILES string of the molecule is CC1CC1(C)C(=O)OCCCCCCOC(=O)C1(C)CC1C. The van der Waals surface area contributed by atoms with Gasteiger partial charge in [0.15, 0.2) is 0 Å². The van der Waals surface area contributed by atoms with Gasteiger partial charge in [-0.25, -0.2) is 0 Å². The summed E-state index contributed by atoms with van der Waals surface area (Å²) in [5.74, 6) is 0.845. The minimum absolute atomic E-state index is 0.0410. The van der Waals surface area contributed by atoms with Crippen LogP contribution in [-0.4, -0.2) is 25.2 Å². The first-order valence-electron chi connectivity index (χ1n) is 8.65. The van der Waals surface area contributed by atoms with Gasteiger partial charge in [-0.2, -0.15) is 0 Å². The van der Waals surface area contributed by atoms with Crippen molar-refractivity contribution in [3.8, 4) is 0 Å². The Morgan fingerprint density at radius 2 is 1.14 bits per heavy atom. The molecule has 4 nitrogen and oxygen atoms in total. The van der Waals surface area contributed by atoms with Crippen LogP contribution in [0.4, 0.5) is 0 Å². The summed E-state index contributed by atoms with van der Waals surface area (Å²) in [5.41, 5.74) is -0.436. The highest BCUT2D eigenvalue weighted by Gasteiger charge is 2.54. The molecule has 0 aromatic carbocycles. The number of unbranched alkanes of at least 4 members (excludes halogenated alkanes) is 3. The van der Waals surface area contributed by atoms with Gasteiger partial charge >= 0.3 is 11.9 Å². The van der Waals surface area contributed by atoms with Crippen molar-refractivity contribution in [2.24, 2.45) is 22.7 Å². The molecule has 4 heteroatoms. The Morgan fingerprint density at radius 3 is 1.41 bits per heavy atom. The molecule has 2 aliphatic rings. The van der Waals surface area contributed by atoms with Gasteiger partial charge in [0.2, 0.25) is 0 Å². The summed E-state index contributed by atoms with van der Waals surface area (Å²) in [4.78, 5) is 23.6. The summed E-state index contributed by atoms with van der Waals surface area (Å²) >= 11 is 0. The lowest BCUT2D eigenvalue weighted by Gasteiger charge is -2.11. The van der Waals surface area contributed by atoms with Crippen molar-refractivity contribution >= 4 is 11.9 Å². The highest BCUT2D eigenvalue weighted by Crippen LogP contribution is 2.53. The van der Waals surface area contributed by atoms with Crippen molar-refractivity contribution in [2.45, 2.75) is 66.2 Å². The summed E-state index contributed by atoms with van der Waals surface area (Å²) in [5, 5.41) is 0. The number of ether oxygens (including phenoxy) is 2. The fourth-order valence-corrected chi connectivity index (χ4v) is 2.94. The Morgan fingerprint density at radius 1 is 0.818 bits per heavy atom. The van der Waals surface area contributed by atoms with E-state index in [2.05, 4.69) is 13.8 Å². The predicted octanol–water partition coefficient (Wildman–Crippen LogP) is 3.73. The van der Waals surface area contributed by atoms with Crippen molar-refractivity contribution < 1.29 is 19.1 Å². The zero-order valence-electron chi connectivity index (χ0n) is 14.4. The Balaban J connectivity index is 1.42. The monoisotopic (exact) mass is 310 g/mol. The third-order valence-corrected chi connectivity index (χ3v) is 5.75. The van der Waals surface area contributed by atoms with Gasteiger partial charge in [-0.1, -0.05) is 13.8 Å². The van der Waals surface area contributed by atoms with Gasteiger partial charge in [0.05, 0.1) is 24.0 Å². The smallest absolute Gasteiger partial charge is 0.312 e. The zero-order valence-corrected chi connectivity index (χ0v) is 14.4. The van der Waals surface area contributed by atoms with Crippen LogP contribution in [0.2, 0.25) is 0 Å². The second kappa shape index (κ2) is 6.59. The van der Waals surface area contributed by atoms with E-state index in [-0.39, 0.29) is 22.8 Å². The molecule has 0 amide bonds. The Hall–Kier alpha value is -1.06. The third kappa shape index (κ3) is 3.82. The van der Waals surface area contributed by atoms with Gasteiger partial charge < -0.3 is 9.47 Å². The van der Waals surface area contributed by atoms with Crippen LogP contribution >= 0.6 is 0 Å². The van der Waals surface area contributed by atoms with Gasteiger partial charge in [-0.05, 0) is 64.2 Å². The maximum atomic E-state index is 11.8. The molecule has 22 heavy (non-hydrogen) atoms. The van der Waals surface area contributed by atoms with Gasteiger partial charge in [0.1, 0.15) is 0 Å². The molecule has 126 valence electrons. The van der Waals surface area contributed by atoms with Crippen LogP contribution in [0.15, 0.2) is 0 Å². The first-order chi connectivity index (χ1) is 10.3. The summed E-state index contributed by atoms with van der Waals surface area (Å²) < 4.78 is 10.6. The van der Waals surface area contributed by atoms with Gasteiger partial charge in [0.25, 0.3) is 0 Å². The van der Waals surface area contributed by atoms with Gasteiger partial charge in [-0.15, -0.1) is 0 Å². The van der Waals surface area contributed by atoms with Crippen molar-refractivity contribution in [1.82, 2.24) is 0 Å². The zero-order chi connectivity index (χ0) is 16.4. The molecule has 0 aliphatic heterocycles. The van der Waals surface area contributed by atoms with Crippen LogP contribution in [0.3, 0.4) is 0 Å². The second-order valence-electron chi connectivity index (χ2n) is 7.73. The molecular formula is C18H30O4. The molecule has 0 N–H and O–H groups in total. The maximum Gasteiger partial charge on any atom is 0.312 e. The number of carbonyl (C=O) groups excluding carboxylic acids is 2. The van der Waals surface area contributed by atoms with Crippen LogP contribution in [-0.2, 0) is 19.1 Å². The standard InChI is InChI=1S/C18H30O4/c1-13-11-17(13,3)15(19)21-9-7-5-6-8-10-22-16(20)18(4)12-14(18)2/h13-14H,5-12H2,1-4H3. The summed E-state index contributed by atoms with van der Waals surface area (Å²) in [6.45, 7) is 9.16. The van der Waals surface area contributed by atoms with E-state index in [1.54, 1.807) is 0 Å². The number of esters is 2. The number of hydrogen-bond donors (Lipinski definition) is 0. The van der Waals surface area contributed by atoms with Gasteiger partial charge in [0, 0.05) is 0 Å². The van der Waals surface area contributed by atoms with E-state index >= 15 is 0 Å². The van der Waals surface area contributed by atoms with E-state index in [0.29, 0.717) is 25.0 Å². The van der Waals surface area contributed by atoms with E-state index in [9.17, 15) is 9.59 Å². The fourth-order valence-electron chi connectivity index (χ4n) is 2.94. The lowest BCUT2D eigenvalue weighted by atomic mass is 10.1. The van der Waals surface area contributed by atoms with Crippen molar-refractivity contribution in [2.75, 3.05) is 13.2 Å². The maximum absolute atomic E-state index is 11.8.